The first-order valence-corrected chi connectivity index (χ1v) is 8.39. The van der Waals surface area contributed by atoms with Crippen molar-refractivity contribution in [1.82, 2.24) is 29.7 Å². The Morgan fingerprint density at radius 1 is 1.21 bits per heavy atom. The second-order valence-electron chi connectivity index (χ2n) is 6.66. The number of rotatable bonds is 3. The molecule has 1 aromatic heterocycles. The van der Waals surface area contributed by atoms with Crippen molar-refractivity contribution in [3.8, 4) is 0 Å². The van der Waals surface area contributed by atoms with Gasteiger partial charge in [0.25, 0.3) is 0 Å². The number of urea groups is 1. The molecule has 3 heterocycles. The average Bonchev–Trinajstić information content (AvgIpc) is 3.04. The van der Waals surface area contributed by atoms with E-state index >= 15 is 0 Å². The van der Waals surface area contributed by atoms with E-state index < -0.39 is 5.97 Å². The van der Waals surface area contributed by atoms with Crippen LogP contribution >= 0.6 is 0 Å². The molecule has 1 N–H and O–H groups in total. The number of nitrogens with zero attached hydrogens (tertiary/aromatic N) is 6. The van der Waals surface area contributed by atoms with E-state index in [1.807, 2.05) is 9.80 Å². The van der Waals surface area contributed by atoms with E-state index in [2.05, 4.69) is 22.3 Å². The third kappa shape index (κ3) is 3.84. The number of carbonyl (C=O) groups excluding carboxylic acids is 1. The first kappa shape index (κ1) is 16.7. The summed E-state index contributed by atoms with van der Waals surface area (Å²) in [5.41, 5.74) is -0.0452. The molecule has 9 nitrogen and oxygen atoms in total. The zero-order valence-corrected chi connectivity index (χ0v) is 14.0. The maximum Gasteiger partial charge on any atom is 0.358 e. The molecule has 9 heteroatoms. The highest BCUT2D eigenvalue weighted by atomic mass is 16.4. The highest BCUT2D eigenvalue weighted by Crippen LogP contribution is 2.20. The zero-order chi connectivity index (χ0) is 17.1. The molecular weight excluding hydrogens is 312 g/mol. The molecule has 0 radical (unpaired) electrons. The van der Waals surface area contributed by atoms with Crippen LogP contribution in [0.5, 0.6) is 0 Å². The minimum atomic E-state index is -1.07. The number of piperidine rings is 1. The summed E-state index contributed by atoms with van der Waals surface area (Å²) in [6.45, 7) is 5.46. The Morgan fingerprint density at radius 3 is 2.62 bits per heavy atom. The molecule has 2 fully saturated rings. The van der Waals surface area contributed by atoms with Gasteiger partial charge in [-0.1, -0.05) is 5.21 Å². The van der Waals surface area contributed by atoms with Crippen LogP contribution in [-0.2, 0) is 6.54 Å². The number of piperazine rings is 1. The third-order valence-electron chi connectivity index (χ3n) is 4.77. The number of carboxylic acids is 1. The molecular formula is C15H24N6O3. The summed E-state index contributed by atoms with van der Waals surface area (Å²) in [6.07, 6.45) is 3.42. The number of aromatic nitrogens is 3. The predicted octanol–water partition coefficient (Wildman–Crippen LogP) is 0.0557. The molecule has 0 saturated carbocycles. The fourth-order valence-corrected chi connectivity index (χ4v) is 3.34. The van der Waals surface area contributed by atoms with Gasteiger partial charge in [-0.3, -0.25) is 4.68 Å². The van der Waals surface area contributed by atoms with Gasteiger partial charge in [-0.15, -0.1) is 5.10 Å². The largest absolute Gasteiger partial charge is 0.476 e. The molecule has 0 bridgehead atoms. The van der Waals surface area contributed by atoms with Gasteiger partial charge in [0.05, 0.1) is 6.20 Å². The van der Waals surface area contributed by atoms with Gasteiger partial charge in [0.15, 0.2) is 5.69 Å². The lowest BCUT2D eigenvalue weighted by Gasteiger charge is -2.39. The zero-order valence-electron chi connectivity index (χ0n) is 14.0. The number of likely N-dealkylation sites (tertiary alicyclic amines) is 1. The van der Waals surface area contributed by atoms with Gasteiger partial charge >= 0.3 is 12.0 Å². The number of hydrogen-bond acceptors (Lipinski definition) is 5. The first-order chi connectivity index (χ1) is 11.5. The monoisotopic (exact) mass is 336 g/mol. The fourth-order valence-electron chi connectivity index (χ4n) is 3.34. The SMILES string of the molecule is CN1CCN(C(=O)N2CCC[C@@H](Cn3cc(C(=O)O)nn3)C2)CC1. The normalized spacial score (nSPS) is 22.6. The summed E-state index contributed by atoms with van der Waals surface area (Å²) in [7, 11) is 2.07. The van der Waals surface area contributed by atoms with Crippen LogP contribution in [0.4, 0.5) is 4.79 Å². The maximum absolute atomic E-state index is 12.7. The molecule has 2 amide bonds. The van der Waals surface area contributed by atoms with Crippen LogP contribution in [0.3, 0.4) is 0 Å². The van der Waals surface area contributed by atoms with Crippen molar-refractivity contribution in [2.75, 3.05) is 46.3 Å². The van der Waals surface area contributed by atoms with Gasteiger partial charge < -0.3 is 19.8 Å². The maximum atomic E-state index is 12.7. The Kier molecular flexibility index (Phi) is 4.98. The van der Waals surface area contributed by atoms with Gasteiger partial charge in [0.1, 0.15) is 0 Å². The van der Waals surface area contributed by atoms with Gasteiger partial charge in [0.2, 0.25) is 0 Å². The van der Waals surface area contributed by atoms with Crippen molar-refractivity contribution in [1.29, 1.82) is 0 Å². The van der Waals surface area contributed by atoms with Gasteiger partial charge in [0, 0.05) is 45.8 Å². The minimum Gasteiger partial charge on any atom is -0.476 e. The summed E-state index contributed by atoms with van der Waals surface area (Å²) in [4.78, 5) is 29.6. The predicted molar refractivity (Wildman–Crippen MR) is 85.7 cm³/mol. The molecule has 2 saturated heterocycles. The second-order valence-corrected chi connectivity index (χ2v) is 6.66. The van der Waals surface area contributed by atoms with E-state index in [9.17, 15) is 9.59 Å². The third-order valence-corrected chi connectivity index (χ3v) is 4.77. The van der Waals surface area contributed by atoms with E-state index in [0.29, 0.717) is 13.1 Å². The summed E-state index contributed by atoms with van der Waals surface area (Å²) < 4.78 is 1.57. The molecule has 0 unspecified atom stereocenters. The molecule has 1 aromatic rings. The quantitative estimate of drug-likeness (QED) is 0.838. The van der Waals surface area contributed by atoms with Crippen LogP contribution in [0, 0.1) is 5.92 Å². The summed E-state index contributed by atoms with van der Waals surface area (Å²) >= 11 is 0. The van der Waals surface area contributed by atoms with Crippen LogP contribution < -0.4 is 0 Å². The molecule has 1 atom stereocenters. The molecule has 24 heavy (non-hydrogen) atoms. The van der Waals surface area contributed by atoms with E-state index in [0.717, 1.165) is 45.6 Å². The van der Waals surface area contributed by atoms with Crippen molar-refractivity contribution < 1.29 is 14.7 Å². The number of aromatic carboxylic acids is 1. The number of carbonyl (C=O) groups is 2. The van der Waals surface area contributed by atoms with Crippen LogP contribution in [0.15, 0.2) is 6.20 Å². The van der Waals surface area contributed by atoms with Crippen molar-refractivity contribution >= 4 is 12.0 Å². The lowest BCUT2D eigenvalue weighted by molar-refractivity contribution is 0.0690. The van der Waals surface area contributed by atoms with Crippen molar-refractivity contribution in [3.05, 3.63) is 11.9 Å². The van der Waals surface area contributed by atoms with E-state index in [4.69, 9.17) is 5.11 Å². The second kappa shape index (κ2) is 7.16. The van der Waals surface area contributed by atoms with Gasteiger partial charge in [-0.25, -0.2) is 9.59 Å². The highest BCUT2D eigenvalue weighted by Gasteiger charge is 2.29. The Balaban J connectivity index is 1.55. The Labute approximate surface area is 140 Å². The molecule has 3 rings (SSSR count). The van der Waals surface area contributed by atoms with E-state index in [1.54, 1.807) is 4.68 Å². The van der Waals surface area contributed by atoms with Crippen LogP contribution in [0.2, 0.25) is 0 Å². The highest BCUT2D eigenvalue weighted by molar-refractivity contribution is 5.84. The fraction of sp³-hybridized carbons (Fsp3) is 0.733. The smallest absolute Gasteiger partial charge is 0.358 e. The van der Waals surface area contributed by atoms with E-state index in [1.165, 1.54) is 6.20 Å². The molecule has 0 aliphatic carbocycles. The molecule has 2 aliphatic rings. The van der Waals surface area contributed by atoms with Gasteiger partial charge in [-0.05, 0) is 25.8 Å². The number of carboxylic acid groups (broad SMARTS) is 1. The number of amides is 2. The minimum absolute atomic E-state index is 0.0452. The van der Waals surface area contributed by atoms with Gasteiger partial charge in [-0.2, -0.15) is 0 Å². The number of hydrogen-bond donors (Lipinski definition) is 1. The first-order valence-electron chi connectivity index (χ1n) is 8.39. The summed E-state index contributed by atoms with van der Waals surface area (Å²) in [5.74, 6) is -0.796. The summed E-state index contributed by atoms with van der Waals surface area (Å²) in [6, 6.07) is 0.123. The Hall–Kier alpha value is -2.16. The Morgan fingerprint density at radius 2 is 1.96 bits per heavy atom. The average molecular weight is 336 g/mol. The van der Waals surface area contributed by atoms with Crippen molar-refractivity contribution in [3.63, 3.8) is 0 Å². The lowest BCUT2D eigenvalue weighted by atomic mass is 9.98. The van der Waals surface area contributed by atoms with Crippen LogP contribution in [0.1, 0.15) is 23.3 Å². The lowest BCUT2D eigenvalue weighted by Crippen LogP contribution is -2.54. The topological polar surface area (TPSA) is 94.8 Å². The Bertz CT molecular complexity index is 596. The van der Waals surface area contributed by atoms with Crippen molar-refractivity contribution in [2.45, 2.75) is 19.4 Å². The van der Waals surface area contributed by atoms with Crippen molar-refractivity contribution in [2.24, 2.45) is 5.92 Å². The number of likely N-dealkylation sites (N-methyl/N-ethyl adjacent to an activating group) is 1. The molecule has 0 aromatic carbocycles. The molecule has 132 valence electrons. The summed E-state index contributed by atoms with van der Waals surface area (Å²) in [5, 5.41) is 16.4. The van der Waals surface area contributed by atoms with Crippen LogP contribution in [0.25, 0.3) is 0 Å². The van der Waals surface area contributed by atoms with Crippen LogP contribution in [-0.4, -0.2) is 93.1 Å². The molecule has 0 spiro atoms. The van der Waals surface area contributed by atoms with E-state index in [-0.39, 0.29) is 17.6 Å². The molecule has 2 aliphatic heterocycles. The standard InChI is InChI=1S/C15H24N6O3/c1-18-5-7-19(8-6-18)15(24)20-4-2-3-12(9-20)10-21-11-13(14(22)23)16-17-21/h11-12H,2-10H2,1H3,(H,22,23)/t12-/m1/s1.